The van der Waals surface area contributed by atoms with Crippen molar-refractivity contribution in [3.63, 3.8) is 0 Å². The van der Waals surface area contributed by atoms with Gasteiger partial charge in [-0.25, -0.2) is 21.8 Å². The fourth-order valence-corrected chi connectivity index (χ4v) is 6.62. The third-order valence-electron chi connectivity index (χ3n) is 6.05. The minimum absolute atomic E-state index is 0. The summed E-state index contributed by atoms with van der Waals surface area (Å²) in [7, 11) is -6.83. The molecule has 1 amide bonds. The minimum atomic E-state index is -3.45. The smallest absolute Gasteiger partial charge is 0.260 e. The maximum absolute atomic E-state index is 13.6. The maximum atomic E-state index is 13.6. The van der Waals surface area contributed by atoms with Gasteiger partial charge >= 0.3 is 0 Å². The lowest BCUT2D eigenvalue weighted by Crippen LogP contribution is -2.43. The molecule has 1 fully saturated rings. The summed E-state index contributed by atoms with van der Waals surface area (Å²) in [6.45, 7) is 7.00. The van der Waals surface area contributed by atoms with Gasteiger partial charge in [-0.1, -0.05) is 11.3 Å². The molecule has 1 aliphatic heterocycles. The van der Waals surface area contributed by atoms with Crippen LogP contribution < -0.4 is 4.90 Å². The van der Waals surface area contributed by atoms with Gasteiger partial charge in [-0.15, -0.1) is 12.4 Å². The Bertz CT molecular complexity index is 1470. The summed E-state index contributed by atoms with van der Waals surface area (Å²) in [5, 5.41) is -0.114. The Morgan fingerprint density at radius 3 is 2.27 bits per heavy atom. The Labute approximate surface area is 227 Å². The van der Waals surface area contributed by atoms with Crippen LogP contribution in [-0.4, -0.2) is 83.5 Å². The third kappa shape index (κ3) is 6.68. The van der Waals surface area contributed by atoms with Crippen LogP contribution in [0.3, 0.4) is 0 Å². The van der Waals surface area contributed by atoms with E-state index in [-0.39, 0.29) is 28.1 Å². The summed E-state index contributed by atoms with van der Waals surface area (Å²) in [4.78, 5) is 22.4. The van der Waals surface area contributed by atoms with Crippen LogP contribution in [0.15, 0.2) is 52.3 Å². The number of aromatic nitrogens is 1. The second kappa shape index (κ2) is 11.7. The van der Waals surface area contributed by atoms with Crippen LogP contribution in [0.5, 0.6) is 0 Å². The van der Waals surface area contributed by atoms with Crippen molar-refractivity contribution in [1.29, 1.82) is 0 Å². The van der Waals surface area contributed by atoms with E-state index in [1.165, 1.54) is 41.7 Å². The number of halogens is 1. The highest BCUT2D eigenvalue weighted by atomic mass is 35.5. The number of benzene rings is 2. The quantitative estimate of drug-likeness (QED) is 0.394. The van der Waals surface area contributed by atoms with Crippen molar-refractivity contribution in [2.45, 2.75) is 28.9 Å². The number of hydrogen-bond donors (Lipinski definition) is 0. The van der Waals surface area contributed by atoms with E-state index in [4.69, 9.17) is 4.74 Å². The van der Waals surface area contributed by atoms with Crippen LogP contribution in [0.1, 0.15) is 24.2 Å². The van der Waals surface area contributed by atoms with Gasteiger partial charge in [-0.2, -0.15) is 0 Å². The van der Waals surface area contributed by atoms with E-state index in [9.17, 15) is 21.6 Å². The first-order valence-electron chi connectivity index (χ1n) is 11.5. The van der Waals surface area contributed by atoms with Crippen LogP contribution in [0.4, 0.5) is 5.13 Å². The van der Waals surface area contributed by atoms with E-state index in [1.807, 2.05) is 0 Å². The number of sulfone groups is 2. The van der Waals surface area contributed by atoms with Crippen molar-refractivity contribution in [3.8, 4) is 0 Å². The molecule has 0 bridgehead atoms. The van der Waals surface area contributed by atoms with E-state index in [0.717, 1.165) is 19.3 Å². The number of carbonyl (C=O) groups excluding carboxylic acids is 1. The van der Waals surface area contributed by atoms with Crippen LogP contribution in [-0.2, 0) is 24.4 Å². The highest BCUT2D eigenvalue weighted by molar-refractivity contribution is 7.92. The molecule has 0 unspecified atom stereocenters. The molecule has 3 aromatic rings. The fourth-order valence-electron chi connectivity index (χ4n) is 3.80. The monoisotopic (exact) mass is 587 g/mol. The summed E-state index contributed by atoms with van der Waals surface area (Å²) in [5.74, 6) is -0.306. The molecule has 9 nitrogen and oxygen atoms in total. The van der Waals surface area contributed by atoms with Crippen LogP contribution >= 0.6 is 23.7 Å². The molecule has 0 saturated carbocycles. The number of hydrogen-bond acceptors (Lipinski definition) is 9. The number of ether oxygens (including phenoxy) is 1. The van der Waals surface area contributed by atoms with Gasteiger partial charge < -0.3 is 4.74 Å². The van der Waals surface area contributed by atoms with E-state index in [1.54, 1.807) is 30.9 Å². The molecule has 0 radical (unpaired) electrons. The number of amides is 1. The lowest BCUT2D eigenvalue weighted by Gasteiger charge is -2.29. The van der Waals surface area contributed by atoms with Gasteiger partial charge in [0, 0.05) is 38.0 Å². The fraction of sp³-hybridized carbons (Fsp3) is 0.417. The third-order valence-corrected chi connectivity index (χ3v) is 10.4. The van der Waals surface area contributed by atoms with Gasteiger partial charge in [0.2, 0.25) is 0 Å². The molecule has 13 heteroatoms. The van der Waals surface area contributed by atoms with Crippen molar-refractivity contribution in [2.24, 2.45) is 0 Å². The number of morpholine rings is 1. The lowest BCUT2D eigenvalue weighted by atomic mass is 10.2. The normalized spacial score (nSPS) is 15.0. The van der Waals surface area contributed by atoms with Gasteiger partial charge in [-0.3, -0.25) is 14.6 Å². The summed E-state index contributed by atoms with van der Waals surface area (Å²) in [5.41, 5.74) is 0.945. The molecule has 37 heavy (non-hydrogen) atoms. The first kappa shape index (κ1) is 29.5. The number of rotatable bonds is 8. The molecule has 1 saturated heterocycles. The van der Waals surface area contributed by atoms with Crippen LogP contribution in [0.25, 0.3) is 10.2 Å². The molecular formula is C24H30ClN3O6S3. The van der Waals surface area contributed by atoms with E-state index in [0.29, 0.717) is 47.2 Å². The molecule has 0 atom stereocenters. The van der Waals surface area contributed by atoms with Gasteiger partial charge in [0.25, 0.3) is 5.91 Å². The number of nitrogens with zero attached hydrogens (tertiary/aromatic N) is 3. The molecule has 0 spiro atoms. The summed E-state index contributed by atoms with van der Waals surface area (Å²) < 4.78 is 55.0. The molecule has 4 rings (SSSR count). The van der Waals surface area contributed by atoms with Crippen molar-refractivity contribution in [1.82, 2.24) is 9.88 Å². The SMILES string of the molecule is CC(C)S(=O)(=O)c1ccc(C(=O)N(CCN2CCOCC2)c2nc3ccc(S(C)(=O)=O)cc3s2)cc1.Cl. The molecule has 0 aliphatic carbocycles. The largest absolute Gasteiger partial charge is 0.379 e. The molecule has 0 N–H and O–H groups in total. The Balaban J connectivity index is 0.00000380. The Hall–Kier alpha value is -2.09. The molecule has 202 valence electrons. The number of thiazole rings is 1. The van der Waals surface area contributed by atoms with E-state index in [2.05, 4.69) is 9.88 Å². The van der Waals surface area contributed by atoms with Crippen molar-refractivity contribution < 1.29 is 26.4 Å². The van der Waals surface area contributed by atoms with E-state index >= 15 is 0 Å². The second-order valence-corrected chi connectivity index (χ2v) is 14.5. The highest BCUT2D eigenvalue weighted by Gasteiger charge is 2.25. The number of carbonyl (C=O) groups is 1. The predicted octanol–water partition coefficient (Wildman–Crippen LogP) is 3.28. The Morgan fingerprint density at radius 2 is 1.68 bits per heavy atom. The first-order chi connectivity index (χ1) is 17.0. The highest BCUT2D eigenvalue weighted by Crippen LogP contribution is 2.31. The van der Waals surface area contributed by atoms with Gasteiger partial charge in [0.15, 0.2) is 24.8 Å². The molecular weight excluding hydrogens is 558 g/mol. The number of fused-ring (bicyclic) bond motifs is 1. The molecule has 1 aliphatic rings. The van der Waals surface area contributed by atoms with Gasteiger partial charge in [0.1, 0.15) is 0 Å². The van der Waals surface area contributed by atoms with Crippen LogP contribution in [0, 0.1) is 0 Å². The average molecular weight is 588 g/mol. The molecule has 1 aromatic heterocycles. The second-order valence-electron chi connectivity index (χ2n) is 8.93. The summed E-state index contributed by atoms with van der Waals surface area (Å²) >= 11 is 1.25. The first-order valence-corrected chi connectivity index (χ1v) is 15.8. The molecule has 2 aromatic carbocycles. The zero-order valence-electron chi connectivity index (χ0n) is 20.8. The zero-order valence-corrected chi connectivity index (χ0v) is 24.1. The predicted molar refractivity (Wildman–Crippen MR) is 148 cm³/mol. The van der Waals surface area contributed by atoms with Crippen LogP contribution in [0.2, 0.25) is 0 Å². The number of anilines is 1. The maximum Gasteiger partial charge on any atom is 0.260 e. The van der Waals surface area contributed by atoms with Gasteiger partial charge in [-0.05, 0) is 56.3 Å². The van der Waals surface area contributed by atoms with Crippen molar-refractivity contribution >= 4 is 64.7 Å². The molecule has 2 heterocycles. The summed E-state index contributed by atoms with van der Waals surface area (Å²) in [6.07, 6.45) is 1.15. The van der Waals surface area contributed by atoms with Crippen molar-refractivity contribution in [3.05, 3.63) is 48.0 Å². The zero-order chi connectivity index (χ0) is 26.1. The summed E-state index contributed by atoms with van der Waals surface area (Å²) in [6, 6.07) is 10.7. The Morgan fingerprint density at radius 1 is 1.05 bits per heavy atom. The minimum Gasteiger partial charge on any atom is -0.379 e. The lowest BCUT2D eigenvalue weighted by molar-refractivity contribution is 0.0391. The topological polar surface area (TPSA) is 114 Å². The van der Waals surface area contributed by atoms with Crippen molar-refractivity contribution in [2.75, 3.05) is 50.5 Å². The standard InChI is InChI=1S/C24H29N3O6S3.ClH/c1-17(2)36(31,32)19-6-4-18(5-7-19)23(28)27(11-10-26-12-14-33-15-13-26)24-25-21-9-8-20(35(3,29)30)16-22(21)34-24;/h4-9,16-17H,10-15H2,1-3H3;1H. The van der Waals surface area contributed by atoms with Gasteiger partial charge in [0.05, 0.1) is 38.5 Å². The Kier molecular flexibility index (Phi) is 9.36. The van der Waals surface area contributed by atoms with E-state index < -0.39 is 24.9 Å². The average Bonchev–Trinajstić information content (AvgIpc) is 3.27.